The Balaban J connectivity index is 1.07. The van der Waals surface area contributed by atoms with Gasteiger partial charge in [-0.1, -0.05) is 0 Å². The Kier molecular flexibility index (Phi) is 21.2. The summed E-state index contributed by atoms with van der Waals surface area (Å²) in [5.74, 6) is -21.4. The number of piperazine rings is 1. The molecule has 2 aliphatic rings. The van der Waals surface area contributed by atoms with Gasteiger partial charge in [-0.2, -0.15) is 5.26 Å². The molecule has 0 spiro atoms. The van der Waals surface area contributed by atoms with Gasteiger partial charge in [-0.05, 0) is 30.7 Å². The van der Waals surface area contributed by atoms with Crippen LogP contribution in [0.5, 0.6) is 5.75 Å². The number of fused-ring (bicyclic) bond motifs is 1. The molecule has 0 aliphatic carbocycles. The predicted octanol–water partition coefficient (Wildman–Crippen LogP) is -1.78. The summed E-state index contributed by atoms with van der Waals surface area (Å²) in [7, 11) is 0. The zero-order valence-electron chi connectivity index (χ0n) is 43.9. The number of alkyl halides is 2. The molecule has 83 heavy (non-hydrogen) atoms. The molecular formula is C50H57F2N13O18. The lowest BCUT2D eigenvalue weighted by molar-refractivity contribution is -0.158. The monoisotopic (exact) mass is 1170 g/mol. The third-order valence-electron chi connectivity index (χ3n) is 13.4. The van der Waals surface area contributed by atoms with E-state index in [9.17, 15) is 97.4 Å². The number of pyridine rings is 1. The first-order valence-electron chi connectivity index (χ1n) is 25.4. The van der Waals surface area contributed by atoms with Gasteiger partial charge in [0.15, 0.2) is 11.8 Å². The molecule has 0 radical (unpaired) electrons. The van der Waals surface area contributed by atoms with Gasteiger partial charge in [0.1, 0.15) is 48.6 Å². The molecule has 6 rings (SSSR count). The average molecular weight is 1170 g/mol. The van der Waals surface area contributed by atoms with E-state index in [1.54, 1.807) is 34.1 Å². The number of hydrogen-bond donors (Lipinski definition) is 9. The molecule has 0 saturated carbocycles. The van der Waals surface area contributed by atoms with Crippen LogP contribution in [0.3, 0.4) is 0 Å². The number of imidazole rings is 2. The number of carbonyl (C=O) groups is 11. The van der Waals surface area contributed by atoms with Gasteiger partial charge in [-0.3, -0.25) is 57.9 Å². The lowest BCUT2D eigenvalue weighted by atomic mass is 10.00. The van der Waals surface area contributed by atoms with Gasteiger partial charge in [0, 0.05) is 88.4 Å². The number of nitrogens with zero attached hydrogens (tertiary/aromatic N) is 10. The highest BCUT2D eigenvalue weighted by molar-refractivity contribution is 6.07. The van der Waals surface area contributed by atoms with Crippen molar-refractivity contribution in [3.63, 3.8) is 0 Å². The van der Waals surface area contributed by atoms with Crippen molar-refractivity contribution >= 4 is 76.3 Å². The number of halogens is 2. The van der Waals surface area contributed by atoms with Crippen molar-refractivity contribution in [2.45, 2.75) is 75.9 Å². The third kappa shape index (κ3) is 17.4. The second-order valence-electron chi connectivity index (χ2n) is 19.3. The third-order valence-corrected chi connectivity index (χ3v) is 13.4. The Morgan fingerprint density at radius 1 is 0.723 bits per heavy atom. The number of nitriles is 1. The van der Waals surface area contributed by atoms with Gasteiger partial charge in [0.2, 0.25) is 23.6 Å². The normalized spacial score (nSPS) is 15.8. The number of likely N-dealkylation sites (tertiary alicyclic amines) is 1. The van der Waals surface area contributed by atoms with E-state index in [-0.39, 0.29) is 62.5 Å². The topological polar surface area (TPSA) is 440 Å². The molecule has 3 atom stereocenters. The van der Waals surface area contributed by atoms with Crippen LogP contribution < -0.4 is 20.7 Å². The van der Waals surface area contributed by atoms with Gasteiger partial charge in [0.25, 0.3) is 11.8 Å². The Labute approximate surface area is 468 Å². The van der Waals surface area contributed by atoms with Crippen LogP contribution in [-0.2, 0) is 74.1 Å². The standard InChI is InChI=1S/C50H57F2N13O18/c51-50(52)19-28(20-53)65(27-50)41(68)21-57-43(70)30-4-5-54-34-3-2-29(16-31(30)34)83-15-1-8-60-11-13-62(14-12-60)42(69)26-61(22-37-55-6-9-63(37)24-39(66)58-35(48(79)80)17-32(44(71)72)45(73)74)23-38-56-7-10-64(38)25-40(67)59-36(49(81)82)18-33(46(75)76)47(77)78/h2-7,9-10,16,28,32-33,35-36H,1,8,11-15,17-19,21-27H2,(H,57,70)(H,58,66)(H,59,67)(H,71,72)(H,73,74)(H,75,76)(H,77,78)(H,79,80)(H,81,82). The molecule has 0 bridgehead atoms. The fourth-order valence-corrected chi connectivity index (χ4v) is 9.11. The van der Waals surface area contributed by atoms with Crippen LogP contribution in [0.25, 0.3) is 10.9 Å². The number of aliphatic carboxylic acids is 6. The van der Waals surface area contributed by atoms with E-state index in [1.165, 1.54) is 46.2 Å². The largest absolute Gasteiger partial charge is 0.494 e. The number of rotatable bonds is 30. The predicted molar refractivity (Wildman–Crippen MR) is 272 cm³/mol. The van der Waals surface area contributed by atoms with E-state index in [0.29, 0.717) is 42.7 Å². The Hall–Kier alpha value is -9.71. The zero-order chi connectivity index (χ0) is 60.7. The summed E-state index contributed by atoms with van der Waals surface area (Å²) in [6.45, 7) is -1.27. The molecule has 1 aromatic carbocycles. The van der Waals surface area contributed by atoms with Gasteiger partial charge < -0.3 is 70.3 Å². The van der Waals surface area contributed by atoms with Crippen molar-refractivity contribution in [3.05, 3.63) is 72.5 Å². The van der Waals surface area contributed by atoms with Gasteiger partial charge >= 0.3 is 35.8 Å². The number of nitrogens with one attached hydrogen (secondary N) is 3. The lowest BCUT2D eigenvalue weighted by Crippen LogP contribution is -2.51. The van der Waals surface area contributed by atoms with E-state index < -0.39 is 141 Å². The number of hydrogen-bond acceptors (Lipinski definition) is 18. The summed E-state index contributed by atoms with van der Waals surface area (Å²) < 4.78 is 36.4. The molecule has 2 aliphatic heterocycles. The smallest absolute Gasteiger partial charge is 0.326 e. The summed E-state index contributed by atoms with van der Waals surface area (Å²) in [5, 5.41) is 72.8. The van der Waals surface area contributed by atoms with Crippen LogP contribution in [0.1, 0.15) is 47.7 Å². The number of amides is 5. The molecule has 2 fully saturated rings. The summed E-state index contributed by atoms with van der Waals surface area (Å²) in [4.78, 5) is 155. The number of carboxylic acids is 6. The summed E-state index contributed by atoms with van der Waals surface area (Å²) >= 11 is 0. The maximum atomic E-state index is 14.1. The molecule has 444 valence electrons. The van der Waals surface area contributed by atoms with E-state index in [0.717, 1.165) is 4.90 Å². The van der Waals surface area contributed by atoms with Crippen LogP contribution >= 0.6 is 0 Å². The molecular weight excluding hydrogens is 1110 g/mol. The molecule has 2 saturated heterocycles. The van der Waals surface area contributed by atoms with E-state index in [2.05, 4.69) is 35.8 Å². The van der Waals surface area contributed by atoms with Crippen molar-refractivity contribution in [1.82, 2.24) is 59.6 Å². The van der Waals surface area contributed by atoms with Crippen LogP contribution in [0, 0.1) is 23.2 Å². The Morgan fingerprint density at radius 3 is 1.77 bits per heavy atom. The van der Waals surface area contributed by atoms with Crippen molar-refractivity contribution in [1.29, 1.82) is 5.26 Å². The first kappa shape index (κ1) is 62.5. The lowest BCUT2D eigenvalue weighted by Gasteiger charge is -2.35. The molecule has 31 nitrogen and oxygen atoms in total. The molecule has 33 heteroatoms. The maximum absolute atomic E-state index is 14.1. The molecule has 5 amide bonds. The first-order chi connectivity index (χ1) is 39.3. The Bertz CT molecular complexity index is 3020. The van der Waals surface area contributed by atoms with Crippen molar-refractivity contribution < 1.29 is 96.9 Å². The molecule has 9 N–H and O–H groups in total. The number of carboxylic acid groups (broad SMARTS) is 6. The molecule has 4 aromatic rings. The zero-order valence-corrected chi connectivity index (χ0v) is 43.9. The van der Waals surface area contributed by atoms with Gasteiger partial charge in [-0.25, -0.2) is 28.3 Å². The van der Waals surface area contributed by atoms with Gasteiger partial charge in [-0.15, -0.1) is 0 Å². The summed E-state index contributed by atoms with van der Waals surface area (Å²) in [5.41, 5.74) is 0.570. The summed E-state index contributed by atoms with van der Waals surface area (Å²) in [6.07, 6.45) is 4.44. The van der Waals surface area contributed by atoms with E-state index in [1.807, 2.05) is 0 Å². The average Bonchev–Trinajstić information content (AvgIpc) is 4.31. The molecule has 5 heterocycles. The van der Waals surface area contributed by atoms with Crippen LogP contribution in [0.4, 0.5) is 8.78 Å². The number of ether oxygens (including phenoxy) is 1. The van der Waals surface area contributed by atoms with E-state index in [4.69, 9.17) is 4.74 Å². The highest BCUT2D eigenvalue weighted by Gasteiger charge is 2.47. The van der Waals surface area contributed by atoms with E-state index >= 15 is 0 Å². The SMILES string of the molecule is N#CC1CC(F)(F)CN1C(=O)CNC(=O)c1ccnc2ccc(OCCCN3CCN(C(=O)CN(Cc4nccn4CC(=O)NC(CC(C(=O)O)C(=O)O)C(=O)O)Cc4nccn4CC(=O)NC(CC(C(=O)O)C(=O)O)C(=O)O)CC3)cc12. The minimum atomic E-state index is -3.22. The highest BCUT2D eigenvalue weighted by Crippen LogP contribution is 2.32. The fourth-order valence-electron chi connectivity index (χ4n) is 9.11. The van der Waals surface area contributed by atoms with Gasteiger partial charge in [0.05, 0.1) is 56.5 Å². The maximum Gasteiger partial charge on any atom is 0.326 e. The minimum absolute atomic E-state index is 0.134. The number of benzene rings is 1. The van der Waals surface area contributed by atoms with Crippen LogP contribution in [-0.4, -0.2) is 223 Å². The highest BCUT2D eigenvalue weighted by atomic mass is 19.3. The fraction of sp³-hybridized carbons (Fsp3) is 0.460. The first-order valence-corrected chi connectivity index (χ1v) is 25.4. The second-order valence-corrected chi connectivity index (χ2v) is 19.3. The van der Waals surface area contributed by atoms with Crippen LogP contribution in [0.2, 0.25) is 0 Å². The number of carbonyl (C=O) groups excluding carboxylic acids is 5. The quantitative estimate of drug-likeness (QED) is 0.0206. The molecule has 3 aromatic heterocycles. The minimum Gasteiger partial charge on any atom is -0.494 e. The number of aromatic nitrogens is 5. The Morgan fingerprint density at radius 2 is 1.27 bits per heavy atom. The van der Waals surface area contributed by atoms with Crippen molar-refractivity contribution in [3.8, 4) is 11.8 Å². The summed E-state index contributed by atoms with van der Waals surface area (Å²) in [6, 6.07) is 2.85. The van der Waals surface area contributed by atoms with Crippen molar-refractivity contribution in [2.24, 2.45) is 11.8 Å². The van der Waals surface area contributed by atoms with Crippen LogP contribution in [0.15, 0.2) is 55.2 Å². The second kappa shape index (κ2) is 28.1. The molecule has 3 unspecified atom stereocenters. The van der Waals surface area contributed by atoms with Crippen molar-refractivity contribution in [2.75, 3.05) is 59.0 Å².